The van der Waals surface area contributed by atoms with E-state index in [1.54, 1.807) is 0 Å². The molecule has 10 rings (SSSR count). The van der Waals surface area contributed by atoms with Crippen molar-refractivity contribution in [3.05, 3.63) is 151 Å². The average molecular weight is 592 g/mol. The van der Waals surface area contributed by atoms with Gasteiger partial charge in [-0.15, -0.1) is 0 Å². The van der Waals surface area contributed by atoms with Gasteiger partial charge in [0.15, 0.2) is 0 Å². The number of para-hydroxylation sites is 5. The van der Waals surface area contributed by atoms with E-state index < -0.39 is 0 Å². The summed E-state index contributed by atoms with van der Waals surface area (Å²) in [5.41, 5.74) is 15.7. The van der Waals surface area contributed by atoms with Gasteiger partial charge in [-0.1, -0.05) is 104 Å². The highest BCUT2D eigenvalue weighted by atomic mass is 15.2. The minimum absolute atomic E-state index is 0.139. The molecule has 220 valence electrons. The summed E-state index contributed by atoms with van der Waals surface area (Å²) in [5, 5.41) is 0. The molecule has 0 amide bonds. The van der Waals surface area contributed by atoms with Gasteiger partial charge < -0.3 is 14.7 Å². The van der Waals surface area contributed by atoms with Gasteiger partial charge >= 0.3 is 0 Å². The second-order valence-corrected chi connectivity index (χ2v) is 13.2. The molecule has 0 bridgehead atoms. The topological polar surface area (TPSA) is 9.72 Å². The molecule has 4 heteroatoms. The number of anilines is 8. The van der Waals surface area contributed by atoms with Gasteiger partial charge in [0.25, 0.3) is 6.71 Å². The molecule has 0 aromatic heterocycles. The van der Waals surface area contributed by atoms with E-state index in [-0.39, 0.29) is 6.71 Å². The van der Waals surface area contributed by atoms with Gasteiger partial charge in [0.2, 0.25) is 0 Å². The smallest absolute Gasteiger partial charge is 0.252 e. The van der Waals surface area contributed by atoms with Crippen molar-refractivity contribution in [2.45, 2.75) is 37.6 Å². The Morgan fingerprint density at radius 3 is 1.57 bits per heavy atom. The van der Waals surface area contributed by atoms with Crippen molar-refractivity contribution in [3.63, 3.8) is 0 Å². The summed E-state index contributed by atoms with van der Waals surface area (Å²) in [7, 11) is 0. The Balaban J connectivity index is 1.31. The second-order valence-electron chi connectivity index (χ2n) is 13.2. The third-order valence-corrected chi connectivity index (χ3v) is 10.8. The van der Waals surface area contributed by atoms with E-state index in [0.717, 1.165) is 0 Å². The summed E-state index contributed by atoms with van der Waals surface area (Å²) >= 11 is 0. The predicted molar refractivity (Wildman–Crippen MR) is 194 cm³/mol. The van der Waals surface area contributed by atoms with Crippen molar-refractivity contribution in [2.75, 3.05) is 14.7 Å². The first kappa shape index (κ1) is 26.0. The Bertz CT molecular complexity index is 2000. The first-order valence-corrected chi connectivity index (χ1v) is 16.8. The van der Waals surface area contributed by atoms with Crippen molar-refractivity contribution in [1.82, 2.24) is 0 Å². The first-order chi connectivity index (χ1) is 22.9. The summed E-state index contributed by atoms with van der Waals surface area (Å²) in [6, 6.07) is 54.7. The second kappa shape index (κ2) is 10.2. The Kier molecular flexibility index (Phi) is 5.75. The molecular formula is C42H34BN3. The Morgan fingerprint density at radius 1 is 0.457 bits per heavy atom. The molecule has 0 N–H and O–H groups in total. The molecule has 3 heterocycles. The minimum Gasteiger partial charge on any atom is -0.337 e. The monoisotopic (exact) mass is 591 g/mol. The zero-order valence-electron chi connectivity index (χ0n) is 25.8. The van der Waals surface area contributed by atoms with Gasteiger partial charge in [-0.3, -0.25) is 0 Å². The molecule has 46 heavy (non-hydrogen) atoms. The SMILES string of the molecule is c1ccc(N2c3ccccc3B3c4ccccc4N(c4ccccc4)c4cc(N5c6ccccc6C6CCCCC65)cc2c43)cc1. The zero-order chi connectivity index (χ0) is 30.2. The van der Waals surface area contributed by atoms with Crippen molar-refractivity contribution < 1.29 is 0 Å². The van der Waals surface area contributed by atoms with Crippen molar-refractivity contribution >= 4 is 68.6 Å². The molecule has 1 saturated carbocycles. The van der Waals surface area contributed by atoms with Gasteiger partial charge in [-0.25, -0.2) is 0 Å². The number of hydrogen-bond acceptors (Lipinski definition) is 3. The van der Waals surface area contributed by atoms with Crippen LogP contribution in [0.1, 0.15) is 37.2 Å². The number of hydrogen-bond donors (Lipinski definition) is 0. The molecule has 0 radical (unpaired) electrons. The lowest BCUT2D eigenvalue weighted by molar-refractivity contribution is 0.402. The molecule has 1 fully saturated rings. The normalized spacial score (nSPS) is 18.8. The predicted octanol–water partition coefficient (Wildman–Crippen LogP) is 8.95. The standard InChI is InChI=1S/C42H34BN3/c1-3-15-29(16-4-1)44-38-25-13-9-21-34(38)43-35-22-10-14-26-39(35)45(30-17-5-2-6-18-30)41-28-31(27-40(44)42(41)43)46-36-23-11-7-19-32(36)33-20-8-12-24-37(33)46/h1-7,9-11,13-19,21-23,25-28,33,37H,8,12,20,24H2. The van der Waals surface area contributed by atoms with Crippen molar-refractivity contribution in [1.29, 1.82) is 0 Å². The van der Waals surface area contributed by atoms with Crippen LogP contribution in [0.4, 0.5) is 45.5 Å². The highest BCUT2D eigenvalue weighted by Gasteiger charge is 2.45. The molecule has 6 aromatic rings. The summed E-state index contributed by atoms with van der Waals surface area (Å²) < 4.78 is 0. The third-order valence-electron chi connectivity index (χ3n) is 10.8. The van der Waals surface area contributed by atoms with Gasteiger partial charge in [-0.2, -0.15) is 0 Å². The number of fused-ring (bicyclic) bond motifs is 7. The Labute approximate surface area is 271 Å². The summed E-state index contributed by atoms with van der Waals surface area (Å²) in [6.07, 6.45) is 5.10. The van der Waals surface area contributed by atoms with Crippen LogP contribution in [0.25, 0.3) is 0 Å². The third kappa shape index (κ3) is 3.67. The van der Waals surface area contributed by atoms with Gasteiger partial charge in [0.1, 0.15) is 0 Å². The molecule has 1 aliphatic carbocycles. The van der Waals surface area contributed by atoms with Gasteiger partial charge in [-0.05, 0) is 89.4 Å². The highest BCUT2D eigenvalue weighted by molar-refractivity contribution is 7.00. The van der Waals surface area contributed by atoms with E-state index in [2.05, 4.69) is 160 Å². The fourth-order valence-corrected chi connectivity index (χ4v) is 9.05. The van der Waals surface area contributed by atoms with Gasteiger partial charge in [0.05, 0.1) is 0 Å². The van der Waals surface area contributed by atoms with E-state index in [4.69, 9.17) is 0 Å². The van der Waals surface area contributed by atoms with E-state index in [1.165, 1.54) is 93.1 Å². The van der Waals surface area contributed by atoms with Crippen LogP contribution in [-0.4, -0.2) is 12.8 Å². The largest absolute Gasteiger partial charge is 0.337 e. The molecule has 2 unspecified atom stereocenters. The Morgan fingerprint density at radius 2 is 0.957 bits per heavy atom. The van der Waals surface area contributed by atoms with Crippen molar-refractivity contribution in [2.24, 2.45) is 0 Å². The van der Waals surface area contributed by atoms with Gasteiger partial charge in [0, 0.05) is 57.5 Å². The van der Waals surface area contributed by atoms with Crippen LogP contribution in [0.15, 0.2) is 146 Å². The van der Waals surface area contributed by atoms with E-state index in [0.29, 0.717) is 12.0 Å². The maximum absolute atomic E-state index is 2.71. The van der Waals surface area contributed by atoms with Crippen LogP contribution in [-0.2, 0) is 0 Å². The van der Waals surface area contributed by atoms with Crippen LogP contribution >= 0.6 is 0 Å². The lowest BCUT2D eigenvalue weighted by Gasteiger charge is -2.45. The number of nitrogens with zero attached hydrogens (tertiary/aromatic N) is 3. The molecule has 4 aliphatic rings. The molecule has 2 atom stereocenters. The molecule has 3 nitrogen and oxygen atoms in total. The quantitative estimate of drug-likeness (QED) is 0.190. The van der Waals surface area contributed by atoms with Crippen LogP contribution in [0, 0.1) is 0 Å². The molecule has 0 saturated heterocycles. The lowest BCUT2D eigenvalue weighted by Crippen LogP contribution is -2.61. The van der Waals surface area contributed by atoms with Crippen LogP contribution in [0.3, 0.4) is 0 Å². The maximum Gasteiger partial charge on any atom is 0.252 e. The molecule has 0 spiro atoms. The molecule has 3 aliphatic heterocycles. The number of rotatable bonds is 3. The first-order valence-electron chi connectivity index (χ1n) is 16.8. The van der Waals surface area contributed by atoms with E-state index in [1.807, 2.05) is 0 Å². The summed E-state index contributed by atoms with van der Waals surface area (Å²) in [6.45, 7) is 0.139. The van der Waals surface area contributed by atoms with Crippen LogP contribution in [0.5, 0.6) is 0 Å². The lowest BCUT2D eigenvalue weighted by atomic mass is 9.33. The highest BCUT2D eigenvalue weighted by Crippen LogP contribution is 2.53. The molecular weight excluding hydrogens is 557 g/mol. The summed E-state index contributed by atoms with van der Waals surface area (Å²) in [4.78, 5) is 7.75. The fraction of sp³-hybridized carbons (Fsp3) is 0.143. The average Bonchev–Trinajstić information content (AvgIpc) is 3.46. The van der Waals surface area contributed by atoms with Crippen LogP contribution in [0.2, 0.25) is 0 Å². The van der Waals surface area contributed by atoms with Crippen molar-refractivity contribution in [3.8, 4) is 0 Å². The van der Waals surface area contributed by atoms with Crippen LogP contribution < -0.4 is 31.1 Å². The maximum atomic E-state index is 2.71. The van der Waals surface area contributed by atoms with E-state index >= 15 is 0 Å². The van der Waals surface area contributed by atoms with E-state index in [9.17, 15) is 0 Å². The summed E-state index contributed by atoms with van der Waals surface area (Å²) in [5.74, 6) is 0.585. The fourth-order valence-electron chi connectivity index (χ4n) is 9.05. The number of benzene rings is 6. The zero-order valence-corrected chi connectivity index (χ0v) is 25.8. The minimum atomic E-state index is 0.139. The Hall–Kier alpha value is -5.22. The molecule has 6 aromatic carbocycles.